The van der Waals surface area contributed by atoms with E-state index in [1.807, 2.05) is 36.4 Å². The number of aromatic nitrogens is 1. The van der Waals surface area contributed by atoms with E-state index < -0.39 is 0 Å². The average molecular weight is 440 g/mol. The molecule has 0 radical (unpaired) electrons. The molecule has 4 aromatic rings. The number of fused-ring (bicyclic) bond motifs is 1. The summed E-state index contributed by atoms with van der Waals surface area (Å²) in [5, 5.41) is 3.27. The molecule has 5 rings (SSSR count). The minimum Gasteiger partial charge on any atom is -0.423 e. The van der Waals surface area contributed by atoms with Crippen molar-refractivity contribution in [1.29, 1.82) is 0 Å². The molecule has 33 heavy (non-hydrogen) atoms. The van der Waals surface area contributed by atoms with Crippen LogP contribution in [0.5, 0.6) is 0 Å². The first-order valence-corrected chi connectivity index (χ1v) is 11.6. The number of hydrogen-bond donors (Lipinski definition) is 1. The Kier molecular flexibility index (Phi) is 5.86. The molecule has 1 saturated heterocycles. The third kappa shape index (κ3) is 4.36. The maximum absolute atomic E-state index is 13.1. The van der Waals surface area contributed by atoms with Crippen LogP contribution in [0.1, 0.15) is 30.9 Å². The second-order valence-corrected chi connectivity index (χ2v) is 9.01. The zero-order chi connectivity index (χ0) is 22.7. The summed E-state index contributed by atoms with van der Waals surface area (Å²) in [6, 6.07) is 29.3. The number of carbonyl (C=O) groups excluding carboxylic acids is 1. The van der Waals surface area contributed by atoms with Gasteiger partial charge in [0.2, 0.25) is 5.91 Å². The fourth-order valence-corrected chi connectivity index (χ4v) is 4.72. The van der Waals surface area contributed by atoms with Crippen molar-refractivity contribution in [2.24, 2.45) is 5.92 Å². The zero-order valence-corrected chi connectivity index (χ0v) is 18.9. The van der Waals surface area contributed by atoms with E-state index in [9.17, 15) is 4.79 Å². The van der Waals surface area contributed by atoms with Gasteiger partial charge in [0, 0.05) is 31.0 Å². The van der Waals surface area contributed by atoms with Crippen LogP contribution in [0.4, 0.5) is 6.01 Å². The molecule has 0 saturated carbocycles. The smallest absolute Gasteiger partial charge is 0.298 e. The number of hydrogen-bond acceptors (Lipinski definition) is 4. The molecule has 0 unspecified atom stereocenters. The van der Waals surface area contributed by atoms with Crippen LogP contribution in [0, 0.1) is 5.92 Å². The summed E-state index contributed by atoms with van der Waals surface area (Å²) >= 11 is 0. The fraction of sp³-hybridized carbons (Fsp3) is 0.286. The van der Waals surface area contributed by atoms with E-state index in [0.29, 0.717) is 12.6 Å². The highest BCUT2D eigenvalue weighted by molar-refractivity contribution is 5.79. The van der Waals surface area contributed by atoms with Crippen LogP contribution in [0.15, 0.2) is 89.3 Å². The highest BCUT2D eigenvalue weighted by atomic mass is 16.4. The highest BCUT2D eigenvalue weighted by Crippen LogP contribution is 2.32. The highest BCUT2D eigenvalue weighted by Gasteiger charge is 2.32. The van der Waals surface area contributed by atoms with Gasteiger partial charge in [0.05, 0.1) is 0 Å². The van der Waals surface area contributed by atoms with Crippen LogP contribution in [-0.4, -0.2) is 30.5 Å². The molecule has 0 atom stereocenters. The van der Waals surface area contributed by atoms with E-state index >= 15 is 0 Å². The summed E-state index contributed by atoms with van der Waals surface area (Å²) in [4.78, 5) is 19.9. The van der Waals surface area contributed by atoms with E-state index in [1.165, 1.54) is 11.1 Å². The molecule has 5 heteroatoms. The van der Waals surface area contributed by atoms with Crippen molar-refractivity contribution < 1.29 is 9.21 Å². The first kappa shape index (κ1) is 21.3. The monoisotopic (exact) mass is 439 g/mol. The number of para-hydroxylation sites is 2. The van der Waals surface area contributed by atoms with Crippen molar-refractivity contribution >= 4 is 23.0 Å². The fourth-order valence-electron chi connectivity index (χ4n) is 4.72. The number of anilines is 1. The topological polar surface area (TPSA) is 58.4 Å². The Balaban J connectivity index is 1.24. The van der Waals surface area contributed by atoms with Gasteiger partial charge in [-0.25, -0.2) is 0 Å². The maximum atomic E-state index is 13.1. The number of piperidine rings is 1. The number of nitrogens with one attached hydrogen (secondary N) is 1. The molecular weight excluding hydrogens is 410 g/mol. The Morgan fingerprint density at radius 1 is 0.939 bits per heavy atom. The SMILES string of the molecule is CC(CNC(=O)C1CCN(c2nc3ccccc3o2)CC1)(c1ccccc1)c1ccccc1. The van der Waals surface area contributed by atoms with Crippen LogP contribution in [0.25, 0.3) is 11.1 Å². The van der Waals surface area contributed by atoms with Crippen molar-refractivity contribution in [1.82, 2.24) is 10.3 Å². The Labute approximate surface area is 194 Å². The molecule has 1 aromatic heterocycles. The molecule has 3 aromatic carbocycles. The molecule has 2 heterocycles. The molecule has 0 aliphatic carbocycles. The van der Waals surface area contributed by atoms with Gasteiger partial charge in [0.15, 0.2) is 5.58 Å². The third-order valence-corrected chi connectivity index (χ3v) is 6.86. The lowest BCUT2D eigenvalue weighted by atomic mass is 9.76. The predicted octanol–water partition coefficient (Wildman–Crippen LogP) is 5.17. The van der Waals surface area contributed by atoms with E-state index in [1.54, 1.807) is 0 Å². The molecule has 1 aliphatic rings. The number of carbonyl (C=O) groups is 1. The van der Waals surface area contributed by atoms with Gasteiger partial charge < -0.3 is 14.6 Å². The van der Waals surface area contributed by atoms with E-state index in [-0.39, 0.29) is 17.2 Å². The van der Waals surface area contributed by atoms with Gasteiger partial charge in [-0.3, -0.25) is 4.79 Å². The number of nitrogens with zero attached hydrogens (tertiary/aromatic N) is 2. The summed E-state index contributed by atoms with van der Waals surface area (Å²) in [5.74, 6) is 0.131. The molecule has 1 aliphatic heterocycles. The number of amides is 1. The van der Waals surface area contributed by atoms with E-state index in [0.717, 1.165) is 37.0 Å². The van der Waals surface area contributed by atoms with E-state index in [4.69, 9.17) is 4.42 Å². The Morgan fingerprint density at radius 2 is 1.52 bits per heavy atom. The van der Waals surface area contributed by atoms with Crippen molar-refractivity contribution in [3.63, 3.8) is 0 Å². The van der Waals surface area contributed by atoms with Crippen LogP contribution >= 0.6 is 0 Å². The maximum Gasteiger partial charge on any atom is 0.298 e. The average Bonchev–Trinajstić information content (AvgIpc) is 3.33. The molecule has 5 nitrogen and oxygen atoms in total. The lowest BCUT2D eigenvalue weighted by molar-refractivity contribution is -0.125. The number of oxazole rings is 1. The van der Waals surface area contributed by atoms with Gasteiger partial charge in [-0.2, -0.15) is 4.98 Å². The zero-order valence-electron chi connectivity index (χ0n) is 18.9. The van der Waals surface area contributed by atoms with Crippen molar-refractivity contribution in [2.45, 2.75) is 25.2 Å². The van der Waals surface area contributed by atoms with Gasteiger partial charge >= 0.3 is 0 Å². The first-order chi connectivity index (χ1) is 16.1. The van der Waals surface area contributed by atoms with Crippen LogP contribution in [0.2, 0.25) is 0 Å². The Bertz CT molecular complexity index is 1140. The van der Waals surface area contributed by atoms with E-state index in [2.05, 4.69) is 70.7 Å². The molecule has 1 N–H and O–H groups in total. The minimum absolute atomic E-state index is 0.00132. The predicted molar refractivity (Wildman–Crippen MR) is 131 cm³/mol. The molecule has 1 fully saturated rings. The summed E-state index contributed by atoms with van der Waals surface area (Å²) in [5.41, 5.74) is 3.77. The number of rotatable bonds is 6. The van der Waals surface area contributed by atoms with Gasteiger partial charge in [-0.05, 0) is 43.0 Å². The second-order valence-electron chi connectivity index (χ2n) is 9.01. The Morgan fingerprint density at radius 3 is 2.12 bits per heavy atom. The molecular formula is C28H29N3O2. The van der Waals surface area contributed by atoms with Gasteiger partial charge in [0.25, 0.3) is 6.01 Å². The van der Waals surface area contributed by atoms with Crippen LogP contribution in [-0.2, 0) is 10.2 Å². The molecule has 0 bridgehead atoms. The van der Waals surface area contributed by atoms with Gasteiger partial charge in [0.1, 0.15) is 5.52 Å². The summed E-state index contributed by atoms with van der Waals surface area (Å²) in [7, 11) is 0. The molecule has 168 valence electrons. The van der Waals surface area contributed by atoms with Gasteiger partial charge in [-0.15, -0.1) is 0 Å². The summed E-state index contributed by atoms with van der Waals surface area (Å²) in [6.45, 7) is 4.29. The van der Waals surface area contributed by atoms with Crippen LogP contribution in [0.3, 0.4) is 0 Å². The Hall–Kier alpha value is -3.60. The normalized spacial score (nSPS) is 15.0. The summed E-state index contributed by atoms with van der Waals surface area (Å²) in [6.07, 6.45) is 1.58. The first-order valence-electron chi connectivity index (χ1n) is 11.6. The van der Waals surface area contributed by atoms with Crippen LogP contribution < -0.4 is 10.2 Å². The van der Waals surface area contributed by atoms with Crippen molar-refractivity contribution in [2.75, 3.05) is 24.5 Å². The lowest BCUT2D eigenvalue weighted by Gasteiger charge is -2.34. The van der Waals surface area contributed by atoms with Crippen molar-refractivity contribution in [3.8, 4) is 0 Å². The molecule has 1 amide bonds. The second kappa shape index (κ2) is 9.10. The number of benzene rings is 3. The minimum atomic E-state index is -0.295. The quantitative estimate of drug-likeness (QED) is 0.450. The lowest BCUT2D eigenvalue weighted by Crippen LogP contribution is -2.45. The van der Waals surface area contributed by atoms with Gasteiger partial charge in [-0.1, -0.05) is 72.8 Å². The summed E-state index contributed by atoms with van der Waals surface area (Å²) < 4.78 is 5.91. The largest absolute Gasteiger partial charge is 0.423 e. The van der Waals surface area contributed by atoms with Crippen molar-refractivity contribution in [3.05, 3.63) is 96.1 Å². The molecule has 0 spiro atoms. The third-order valence-electron chi connectivity index (χ3n) is 6.86. The standard InChI is InChI=1S/C28H29N3O2/c1-28(22-10-4-2-5-11-22,23-12-6-3-7-13-23)20-29-26(32)21-16-18-31(19-17-21)27-30-24-14-8-9-15-25(24)33-27/h2-15,21H,16-20H2,1H3,(H,29,32).